The maximum absolute atomic E-state index is 12.7. The molecule has 0 saturated heterocycles. The summed E-state index contributed by atoms with van der Waals surface area (Å²) in [6, 6.07) is 5.89. The van der Waals surface area contributed by atoms with Crippen LogP contribution in [0.4, 0.5) is 4.39 Å². The van der Waals surface area contributed by atoms with Gasteiger partial charge < -0.3 is 10.3 Å². The number of aromatic nitrogens is 2. The summed E-state index contributed by atoms with van der Waals surface area (Å²) in [7, 11) is 0. The second kappa shape index (κ2) is 5.55. The Morgan fingerprint density at radius 2 is 2.06 bits per heavy atom. The summed E-state index contributed by atoms with van der Waals surface area (Å²) in [5.74, 6) is -0.393. The van der Waals surface area contributed by atoms with Gasteiger partial charge in [-0.2, -0.15) is 0 Å². The lowest BCUT2D eigenvalue weighted by atomic mass is 10.1. The second-order valence-corrected chi connectivity index (χ2v) is 4.01. The molecule has 0 radical (unpaired) electrons. The predicted molar refractivity (Wildman–Crippen MR) is 65.7 cm³/mol. The Balaban J connectivity index is 2.04. The molecule has 0 aliphatic rings. The zero-order valence-corrected chi connectivity index (χ0v) is 9.84. The molecule has 0 unspecified atom stereocenters. The van der Waals surface area contributed by atoms with E-state index in [1.54, 1.807) is 29.2 Å². The average Bonchev–Trinajstić information content (AvgIpc) is 2.81. The molecule has 0 atom stereocenters. The lowest BCUT2D eigenvalue weighted by Gasteiger charge is -1.99. The second-order valence-electron chi connectivity index (χ2n) is 4.01. The molecule has 0 spiro atoms. The first-order valence-electron chi connectivity index (χ1n) is 5.68. The molecular weight excluding hydrogens is 233 g/mol. The largest absolute Gasteiger partial charge is 0.335 e. The van der Waals surface area contributed by atoms with Crippen LogP contribution in [0.3, 0.4) is 0 Å². The molecular formula is C13H14FN3O. The highest BCUT2D eigenvalue weighted by Crippen LogP contribution is 2.07. The number of imidazole rings is 1. The average molecular weight is 247 g/mol. The first-order chi connectivity index (χ1) is 8.69. The van der Waals surface area contributed by atoms with Crippen molar-refractivity contribution in [1.29, 1.82) is 0 Å². The third kappa shape index (κ3) is 3.01. The topological polar surface area (TPSA) is 60.9 Å². The first kappa shape index (κ1) is 12.4. The highest BCUT2D eigenvalue weighted by atomic mass is 19.1. The van der Waals surface area contributed by atoms with Crippen molar-refractivity contribution >= 4 is 5.78 Å². The smallest absolute Gasteiger partial charge is 0.187 e. The number of nitrogens with zero attached hydrogens (tertiary/aromatic N) is 2. The van der Waals surface area contributed by atoms with Crippen LogP contribution in [-0.4, -0.2) is 21.9 Å². The fourth-order valence-corrected chi connectivity index (χ4v) is 1.65. The van der Waals surface area contributed by atoms with Crippen molar-refractivity contribution in [3.63, 3.8) is 0 Å². The van der Waals surface area contributed by atoms with E-state index in [0.717, 1.165) is 5.56 Å². The van der Waals surface area contributed by atoms with Gasteiger partial charge in [0.05, 0.1) is 6.33 Å². The molecule has 0 fully saturated rings. The molecule has 0 aliphatic heterocycles. The van der Waals surface area contributed by atoms with Crippen LogP contribution < -0.4 is 5.73 Å². The number of hydrogen-bond acceptors (Lipinski definition) is 3. The molecule has 0 aliphatic carbocycles. The van der Waals surface area contributed by atoms with Crippen molar-refractivity contribution in [1.82, 2.24) is 9.55 Å². The normalized spacial score (nSPS) is 10.6. The Morgan fingerprint density at radius 3 is 2.72 bits per heavy atom. The van der Waals surface area contributed by atoms with E-state index in [-0.39, 0.29) is 18.0 Å². The van der Waals surface area contributed by atoms with E-state index in [1.807, 2.05) is 0 Å². The van der Waals surface area contributed by atoms with Gasteiger partial charge in [0.1, 0.15) is 11.5 Å². The zero-order chi connectivity index (χ0) is 13.0. The number of Topliss-reactive ketones (excluding diaryl/α,β-unsaturated/α-hetero) is 1. The lowest BCUT2D eigenvalue weighted by molar-refractivity contribution is 0.0988. The summed E-state index contributed by atoms with van der Waals surface area (Å²) in [5.41, 5.74) is 6.60. The van der Waals surface area contributed by atoms with Gasteiger partial charge >= 0.3 is 0 Å². The van der Waals surface area contributed by atoms with Gasteiger partial charge in [-0.15, -0.1) is 0 Å². The number of nitrogens with two attached hydrogens (primary N) is 1. The van der Waals surface area contributed by atoms with E-state index in [2.05, 4.69) is 4.98 Å². The van der Waals surface area contributed by atoms with Gasteiger partial charge in [-0.05, 0) is 17.7 Å². The van der Waals surface area contributed by atoms with Crippen LogP contribution in [0.25, 0.3) is 0 Å². The van der Waals surface area contributed by atoms with Crippen LogP contribution in [0, 0.1) is 5.82 Å². The lowest BCUT2D eigenvalue weighted by Crippen LogP contribution is -2.08. The van der Waals surface area contributed by atoms with Crippen molar-refractivity contribution in [3.05, 3.63) is 53.9 Å². The third-order valence-corrected chi connectivity index (χ3v) is 2.58. The summed E-state index contributed by atoms with van der Waals surface area (Å²) in [4.78, 5) is 15.9. The summed E-state index contributed by atoms with van der Waals surface area (Å²) in [6.07, 6.45) is 3.49. The number of hydrogen-bond donors (Lipinski definition) is 1. The van der Waals surface area contributed by atoms with E-state index in [0.29, 0.717) is 18.8 Å². The molecule has 2 N–H and O–H groups in total. The highest BCUT2D eigenvalue weighted by molar-refractivity contribution is 5.95. The maximum atomic E-state index is 12.7. The number of carbonyl (C=O) groups excluding carboxylic acids is 1. The van der Waals surface area contributed by atoms with Crippen LogP contribution in [-0.2, 0) is 13.0 Å². The van der Waals surface area contributed by atoms with Gasteiger partial charge in [0.15, 0.2) is 5.78 Å². The highest BCUT2D eigenvalue weighted by Gasteiger charge is 2.10. The van der Waals surface area contributed by atoms with Crippen molar-refractivity contribution < 1.29 is 9.18 Å². The summed E-state index contributed by atoms with van der Waals surface area (Å²) in [6.45, 7) is 1.14. The van der Waals surface area contributed by atoms with Crippen LogP contribution in [0.15, 0.2) is 36.8 Å². The first-order valence-corrected chi connectivity index (χ1v) is 5.68. The monoisotopic (exact) mass is 247 g/mol. The van der Waals surface area contributed by atoms with Crippen molar-refractivity contribution in [2.75, 3.05) is 6.54 Å². The quantitative estimate of drug-likeness (QED) is 0.812. The van der Waals surface area contributed by atoms with Gasteiger partial charge in [-0.3, -0.25) is 4.79 Å². The SMILES string of the molecule is NCCn1cnc(C(=O)Cc2ccc(F)cc2)c1. The molecule has 0 bridgehead atoms. The molecule has 1 heterocycles. The minimum absolute atomic E-state index is 0.0858. The summed E-state index contributed by atoms with van der Waals surface area (Å²) in [5, 5.41) is 0. The van der Waals surface area contributed by atoms with Crippen molar-refractivity contribution in [2.45, 2.75) is 13.0 Å². The predicted octanol–water partition coefficient (Wildman–Crippen LogP) is 1.41. The Morgan fingerprint density at radius 1 is 1.33 bits per heavy atom. The van der Waals surface area contributed by atoms with Crippen molar-refractivity contribution in [3.8, 4) is 0 Å². The zero-order valence-electron chi connectivity index (χ0n) is 9.84. The van der Waals surface area contributed by atoms with Crippen LogP contribution in [0.5, 0.6) is 0 Å². The molecule has 1 aromatic heterocycles. The van der Waals surface area contributed by atoms with E-state index >= 15 is 0 Å². The fraction of sp³-hybridized carbons (Fsp3) is 0.231. The number of carbonyl (C=O) groups is 1. The molecule has 94 valence electrons. The number of rotatable bonds is 5. The van der Waals surface area contributed by atoms with Gasteiger partial charge in [0.2, 0.25) is 0 Å². The standard InChI is InChI=1S/C13H14FN3O/c14-11-3-1-10(2-4-11)7-13(18)12-8-17(6-5-15)9-16-12/h1-4,8-9H,5-7,15H2. The summed E-state index contributed by atoms with van der Waals surface area (Å²) < 4.78 is 14.5. The minimum atomic E-state index is -0.307. The van der Waals surface area contributed by atoms with Crippen LogP contribution in [0.1, 0.15) is 16.1 Å². The molecule has 5 heteroatoms. The Bertz CT molecular complexity index is 533. The fourth-order valence-electron chi connectivity index (χ4n) is 1.65. The van der Waals surface area contributed by atoms with Gasteiger partial charge in [-0.1, -0.05) is 12.1 Å². The van der Waals surface area contributed by atoms with Crippen molar-refractivity contribution in [2.24, 2.45) is 5.73 Å². The van der Waals surface area contributed by atoms with Gasteiger partial charge in [0.25, 0.3) is 0 Å². The maximum Gasteiger partial charge on any atom is 0.187 e. The Labute approximate surface area is 104 Å². The van der Waals surface area contributed by atoms with E-state index in [1.165, 1.54) is 12.1 Å². The molecule has 0 amide bonds. The van der Waals surface area contributed by atoms with Crippen LogP contribution >= 0.6 is 0 Å². The van der Waals surface area contributed by atoms with Crippen LogP contribution in [0.2, 0.25) is 0 Å². The number of halogens is 1. The van der Waals surface area contributed by atoms with E-state index in [4.69, 9.17) is 5.73 Å². The van der Waals surface area contributed by atoms with E-state index in [9.17, 15) is 9.18 Å². The number of ketones is 1. The van der Waals surface area contributed by atoms with Gasteiger partial charge in [-0.25, -0.2) is 9.37 Å². The molecule has 2 aromatic rings. The summed E-state index contributed by atoms with van der Waals surface area (Å²) >= 11 is 0. The number of benzene rings is 1. The van der Waals surface area contributed by atoms with E-state index < -0.39 is 0 Å². The molecule has 0 saturated carbocycles. The minimum Gasteiger partial charge on any atom is -0.335 e. The Hall–Kier alpha value is -2.01. The molecule has 4 nitrogen and oxygen atoms in total. The molecule has 1 aromatic carbocycles. The third-order valence-electron chi connectivity index (χ3n) is 2.58. The molecule has 2 rings (SSSR count). The molecule has 18 heavy (non-hydrogen) atoms. The van der Waals surface area contributed by atoms with Gasteiger partial charge in [0, 0.05) is 25.7 Å². The Kier molecular flexibility index (Phi) is 3.84.